The molecule has 62 heavy (non-hydrogen) atoms. The summed E-state index contributed by atoms with van der Waals surface area (Å²) < 4.78 is 20.6. The van der Waals surface area contributed by atoms with Crippen LogP contribution in [0, 0.1) is 64.1 Å². The van der Waals surface area contributed by atoms with Gasteiger partial charge in [-0.05, 0) is 193 Å². The first-order chi connectivity index (χ1) is 29.9. The lowest BCUT2D eigenvalue weighted by Crippen LogP contribution is -2.54. The van der Waals surface area contributed by atoms with E-state index in [1.165, 1.54) is 180 Å². The molecule has 0 aromatic heterocycles. The number of fused-ring (bicyclic) bond motifs is 5. The lowest BCUT2D eigenvalue weighted by atomic mass is 9.44. The van der Waals surface area contributed by atoms with Gasteiger partial charge in [-0.25, -0.2) is 0 Å². The van der Waals surface area contributed by atoms with E-state index in [1.54, 1.807) is 0 Å². The third-order valence-corrected chi connectivity index (χ3v) is 19.8. The van der Waals surface area contributed by atoms with Crippen molar-refractivity contribution in [3.05, 3.63) is 36.5 Å². The Morgan fingerprint density at radius 2 is 1.29 bits per heavy atom. The molecule has 0 radical (unpaired) electrons. The Morgan fingerprint density at radius 3 is 1.98 bits per heavy atom. The van der Waals surface area contributed by atoms with E-state index in [-0.39, 0.29) is 6.29 Å². The molecule has 0 aliphatic heterocycles. The van der Waals surface area contributed by atoms with Crippen LogP contribution in [-0.4, -0.2) is 27.6 Å². The van der Waals surface area contributed by atoms with Crippen LogP contribution >= 0.6 is 0 Å². The number of rotatable bonds is 31. The first-order valence-electron chi connectivity index (χ1n) is 27.9. The van der Waals surface area contributed by atoms with Gasteiger partial charge in [-0.2, -0.15) is 0 Å². The monoisotopic (exact) mass is 877 g/mol. The highest BCUT2D eigenvalue weighted by atomic mass is 28.4. The summed E-state index contributed by atoms with van der Waals surface area (Å²) in [7, 11) is -2.35. The predicted octanol–water partition coefficient (Wildman–Crippen LogP) is 18.1. The fourth-order valence-corrected chi connectivity index (χ4v) is 15.4. The smallest absolute Gasteiger partial charge is 0.333 e. The van der Waals surface area contributed by atoms with Crippen molar-refractivity contribution in [1.29, 1.82) is 0 Å². The SMILES string of the molecule is CCCCCCCC/C=C\CCCCCCCC(OC1CCC2(C)C(CCC3C2CCC2(C)C(C(C)/C=C/C(CC)C(C)C)CCC32)C1)O[Si](C)(C)OC/C=C/CCCC1CC1. The largest absolute Gasteiger partial charge is 0.391 e. The van der Waals surface area contributed by atoms with Crippen molar-refractivity contribution in [1.82, 2.24) is 0 Å². The fourth-order valence-electron chi connectivity index (χ4n) is 14.0. The summed E-state index contributed by atoms with van der Waals surface area (Å²) in [6.45, 7) is 22.7. The van der Waals surface area contributed by atoms with E-state index >= 15 is 0 Å². The van der Waals surface area contributed by atoms with Gasteiger partial charge in [0.15, 0.2) is 0 Å². The molecule has 5 saturated carbocycles. The van der Waals surface area contributed by atoms with Gasteiger partial charge in [0.1, 0.15) is 6.29 Å². The minimum absolute atomic E-state index is 0.134. The third kappa shape index (κ3) is 16.0. The molecule has 4 heteroatoms. The van der Waals surface area contributed by atoms with Crippen LogP contribution in [0.25, 0.3) is 0 Å². The first kappa shape index (κ1) is 52.3. The molecule has 0 bridgehead atoms. The van der Waals surface area contributed by atoms with E-state index < -0.39 is 8.56 Å². The summed E-state index contributed by atoms with van der Waals surface area (Å²) in [5.74, 6) is 7.60. The molecular formula is C58H104O3Si. The Hall–Kier alpha value is -0.683. The lowest BCUT2D eigenvalue weighted by molar-refractivity contribution is -0.181. The summed E-state index contributed by atoms with van der Waals surface area (Å²) in [6.07, 6.45) is 53.8. The van der Waals surface area contributed by atoms with Gasteiger partial charge in [-0.15, -0.1) is 0 Å². The van der Waals surface area contributed by atoms with Crippen LogP contribution < -0.4 is 0 Å². The normalized spacial score (nSPS) is 31.8. The van der Waals surface area contributed by atoms with Crippen LogP contribution in [-0.2, 0) is 13.6 Å². The van der Waals surface area contributed by atoms with Crippen LogP contribution in [0.15, 0.2) is 36.5 Å². The van der Waals surface area contributed by atoms with Gasteiger partial charge in [0.25, 0.3) is 0 Å². The molecule has 0 aromatic carbocycles. The van der Waals surface area contributed by atoms with E-state index in [0.29, 0.717) is 29.5 Å². The second-order valence-electron chi connectivity index (χ2n) is 23.5. The Kier molecular flexibility index (Phi) is 22.4. The maximum atomic E-state index is 7.15. The van der Waals surface area contributed by atoms with Gasteiger partial charge >= 0.3 is 8.56 Å². The summed E-state index contributed by atoms with van der Waals surface area (Å²) in [4.78, 5) is 0. The van der Waals surface area contributed by atoms with Crippen molar-refractivity contribution < 1.29 is 13.6 Å². The van der Waals surface area contributed by atoms with Crippen LogP contribution in [0.2, 0.25) is 13.1 Å². The molecule has 5 aliphatic carbocycles. The van der Waals surface area contributed by atoms with Crippen LogP contribution in [0.1, 0.15) is 235 Å². The fraction of sp³-hybridized carbons (Fsp3) is 0.897. The quantitative estimate of drug-likeness (QED) is 0.0301. The summed E-state index contributed by atoms with van der Waals surface area (Å²) in [5.41, 5.74) is 0.994. The van der Waals surface area contributed by atoms with Gasteiger partial charge in [0.05, 0.1) is 12.7 Å². The molecule has 3 nitrogen and oxygen atoms in total. The number of allylic oxidation sites excluding steroid dienone is 5. The van der Waals surface area contributed by atoms with E-state index in [0.717, 1.165) is 53.8 Å². The zero-order valence-corrected chi connectivity index (χ0v) is 43.8. The Balaban J connectivity index is 1.09. The molecule has 0 heterocycles. The molecule has 358 valence electrons. The van der Waals surface area contributed by atoms with Crippen molar-refractivity contribution in [2.24, 2.45) is 64.1 Å². The van der Waals surface area contributed by atoms with E-state index in [4.69, 9.17) is 13.6 Å². The maximum absolute atomic E-state index is 7.15. The zero-order chi connectivity index (χ0) is 44.4. The van der Waals surface area contributed by atoms with Crippen molar-refractivity contribution in [3.8, 4) is 0 Å². The molecule has 11 atom stereocenters. The zero-order valence-electron chi connectivity index (χ0n) is 42.8. The molecule has 0 saturated heterocycles. The number of hydrogen-bond acceptors (Lipinski definition) is 3. The van der Waals surface area contributed by atoms with Crippen LogP contribution in [0.5, 0.6) is 0 Å². The lowest BCUT2D eigenvalue weighted by Gasteiger charge is -2.61. The highest BCUT2D eigenvalue weighted by Crippen LogP contribution is 2.68. The first-order valence-corrected chi connectivity index (χ1v) is 30.7. The van der Waals surface area contributed by atoms with Gasteiger partial charge in [0.2, 0.25) is 0 Å². The Morgan fingerprint density at radius 1 is 0.645 bits per heavy atom. The van der Waals surface area contributed by atoms with Gasteiger partial charge in [-0.1, -0.05) is 156 Å². The van der Waals surface area contributed by atoms with Crippen LogP contribution in [0.3, 0.4) is 0 Å². The maximum Gasteiger partial charge on any atom is 0.333 e. The highest BCUT2D eigenvalue weighted by Gasteiger charge is 2.60. The molecule has 0 N–H and O–H groups in total. The van der Waals surface area contributed by atoms with Gasteiger partial charge in [0, 0.05) is 0 Å². The van der Waals surface area contributed by atoms with Gasteiger partial charge < -0.3 is 13.6 Å². The Bertz CT molecular complexity index is 1320. The molecule has 0 aromatic rings. The van der Waals surface area contributed by atoms with Crippen molar-refractivity contribution in [3.63, 3.8) is 0 Å². The summed E-state index contributed by atoms with van der Waals surface area (Å²) in [6, 6.07) is 0. The summed E-state index contributed by atoms with van der Waals surface area (Å²) >= 11 is 0. The second-order valence-corrected chi connectivity index (χ2v) is 26.8. The molecule has 0 amide bonds. The van der Waals surface area contributed by atoms with E-state index in [9.17, 15) is 0 Å². The molecule has 5 rings (SSSR count). The average molecular weight is 878 g/mol. The van der Waals surface area contributed by atoms with E-state index in [1.807, 2.05) is 0 Å². The molecule has 5 fully saturated rings. The van der Waals surface area contributed by atoms with Crippen molar-refractivity contribution in [2.75, 3.05) is 6.61 Å². The summed E-state index contributed by atoms with van der Waals surface area (Å²) in [5, 5.41) is 0. The van der Waals surface area contributed by atoms with Crippen molar-refractivity contribution in [2.45, 2.75) is 260 Å². The highest BCUT2D eigenvalue weighted by molar-refractivity contribution is 6.64. The number of hydrogen-bond donors (Lipinski definition) is 0. The average Bonchev–Trinajstić information content (AvgIpc) is 4.00. The minimum Gasteiger partial charge on any atom is -0.391 e. The molecule has 11 unspecified atom stereocenters. The Labute approximate surface area is 387 Å². The van der Waals surface area contributed by atoms with E-state index in [2.05, 4.69) is 98.0 Å². The molecular weight excluding hydrogens is 773 g/mol. The predicted molar refractivity (Wildman–Crippen MR) is 270 cm³/mol. The topological polar surface area (TPSA) is 27.7 Å². The van der Waals surface area contributed by atoms with Crippen molar-refractivity contribution >= 4 is 8.56 Å². The standard InChI is InChI=1S/C58H104O3Si/c1-10-12-13-14-15-16-17-18-19-20-21-22-23-24-28-31-56(61-62(8,9)59-44-29-26-25-27-30-48-33-34-48)60-51-40-42-57(6)50(45-51)36-37-52-54-39-38-53(58(54,7)43-41-55(52)57)47(5)32-35-49(11-2)46(3)4/h18-19,26,29,32,35,46-56H,10-17,20-25,27-28,30-31,33-34,36-45H2,1-9H3/b19-18-,29-26+,35-32+. The number of ether oxygens (including phenoxy) is 1. The molecule has 5 aliphatic rings. The van der Waals surface area contributed by atoms with Crippen LogP contribution in [0.4, 0.5) is 0 Å². The van der Waals surface area contributed by atoms with Gasteiger partial charge in [-0.3, -0.25) is 0 Å². The molecule has 0 spiro atoms. The second kappa shape index (κ2) is 26.6. The number of unbranched alkanes of at least 4 members (excludes halogenated alkanes) is 12. The minimum atomic E-state index is -2.35. The third-order valence-electron chi connectivity index (χ3n) is 18.2.